The van der Waals surface area contributed by atoms with Crippen LogP contribution in [0.25, 0.3) is 0 Å². The molecule has 0 saturated carbocycles. The van der Waals surface area contributed by atoms with Gasteiger partial charge in [0.1, 0.15) is 12.2 Å². The lowest BCUT2D eigenvalue weighted by atomic mass is 9.83. The lowest BCUT2D eigenvalue weighted by Crippen LogP contribution is -2.47. The average Bonchev–Trinajstić information content (AvgIpc) is 2.60. The van der Waals surface area contributed by atoms with Gasteiger partial charge in [-0.05, 0) is 56.7 Å². The average molecular weight is 433 g/mol. The molecule has 2 rings (SSSR count). The highest BCUT2D eigenvalue weighted by atomic mass is 35.5. The van der Waals surface area contributed by atoms with Gasteiger partial charge in [0, 0.05) is 11.7 Å². The van der Waals surface area contributed by atoms with E-state index >= 15 is 0 Å². The predicted octanol–water partition coefficient (Wildman–Crippen LogP) is 6.10. The molecule has 1 atom stereocenters. The van der Waals surface area contributed by atoms with Crippen LogP contribution in [0.3, 0.4) is 0 Å². The first-order chi connectivity index (χ1) is 13.8. The number of nitrogens with one attached hydrogen (secondary N) is 1. The first-order valence-electron chi connectivity index (χ1n) is 10.2. The van der Waals surface area contributed by atoms with Crippen molar-refractivity contribution in [1.82, 2.24) is 10.3 Å². The topological polar surface area (TPSA) is 60.5 Å². The maximum Gasteiger partial charge on any atom is 0.407 e. The van der Waals surface area contributed by atoms with E-state index in [2.05, 4.69) is 31.1 Å². The van der Waals surface area contributed by atoms with Crippen molar-refractivity contribution in [3.05, 3.63) is 58.4 Å². The molecule has 1 heterocycles. The fourth-order valence-corrected chi connectivity index (χ4v) is 3.12. The molecule has 6 heteroatoms. The summed E-state index contributed by atoms with van der Waals surface area (Å²) in [7, 11) is 0. The maximum absolute atomic E-state index is 12.4. The smallest absolute Gasteiger partial charge is 0.407 e. The number of aryl methyl sites for hydroxylation is 1. The third-order valence-electron chi connectivity index (χ3n) is 4.64. The Kier molecular flexibility index (Phi) is 7.75. The second-order valence-corrected chi connectivity index (χ2v) is 9.92. The summed E-state index contributed by atoms with van der Waals surface area (Å²) in [5.74, 6) is 0.533. The number of rotatable bonds is 6. The Hall–Kier alpha value is -2.27. The molecule has 0 fully saturated rings. The van der Waals surface area contributed by atoms with E-state index in [9.17, 15) is 4.79 Å². The fourth-order valence-electron chi connectivity index (χ4n) is 2.88. The standard InChI is InChI=1S/C24H33ClN2O3/c1-16-18(14-20(23(2,3)4)27-22(28)30-24(5,6)7)13-19(21(25)26-16)29-15-17-11-9-8-10-12-17/h8-13,20H,14-15H2,1-7H3,(H,27,28)/t20-/m0/s1. The normalized spacial score (nSPS) is 12.9. The summed E-state index contributed by atoms with van der Waals surface area (Å²) in [5.41, 5.74) is 2.09. The van der Waals surface area contributed by atoms with Gasteiger partial charge in [0.15, 0.2) is 10.9 Å². The van der Waals surface area contributed by atoms with Gasteiger partial charge in [-0.25, -0.2) is 9.78 Å². The summed E-state index contributed by atoms with van der Waals surface area (Å²) in [6.45, 7) is 14.1. The predicted molar refractivity (Wildman–Crippen MR) is 121 cm³/mol. The highest BCUT2D eigenvalue weighted by molar-refractivity contribution is 6.30. The second-order valence-electron chi connectivity index (χ2n) is 9.57. The molecule has 5 nitrogen and oxygen atoms in total. The summed E-state index contributed by atoms with van der Waals surface area (Å²) < 4.78 is 11.4. The van der Waals surface area contributed by atoms with Crippen LogP contribution < -0.4 is 10.1 Å². The third-order valence-corrected chi connectivity index (χ3v) is 4.91. The molecule has 0 aliphatic carbocycles. The largest absolute Gasteiger partial charge is 0.486 e. The van der Waals surface area contributed by atoms with Crippen LogP contribution >= 0.6 is 11.6 Å². The van der Waals surface area contributed by atoms with Crippen molar-refractivity contribution < 1.29 is 14.3 Å². The number of hydrogen-bond acceptors (Lipinski definition) is 4. The molecular weight excluding hydrogens is 400 g/mol. The zero-order valence-electron chi connectivity index (χ0n) is 19.0. The van der Waals surface area contributed by atoms with Crippen molar-refractivity contribution in [2.24, 2.45) is 5.41 Å². The van der Waals surface area contributed by atoms with E-state index < -0.39 is 11.7 Å². The maximum atomic E-state index is 12.4. The van der Waals surface area contributed by atoms with Crippen molar-refractivity contribution >= 4 is 17.7 Å². The Morgan fingerprint density at radius 1 is 1.13 bits per heavy atom. The second kappa shape index (κ2) is 9.69. The molecular formula is C24H33ClN2O3. The van der Waals surface area contributed by atoms with Crippen LogP contribution in [0.15, 0.2) is 36.4 Å². The molecule has 1 amide bonds. The first kappa shape index (κ1) is 24.0. The van der Waals surface area contributed by atoms with Gasteiger partial charge in [-0.3, -0.25) is 0 Å². The third kappa shape index (κ3) is 7.52. The number of ether oxygens (including phenoxy) is 2. The summed E-state index contributed by atoms with van der Waals surface area (Å²) in [5, 5.41) is 3.35. The summed E-state index contributed by atoms with van der Waals surface area (Å²) >= 11 is 6.33. The first-order valence-corrected chi connectivity index (χ1v) is 10.6. The summed E-state index contributed by atoms with van der Waals surface area (Å²) in [6.07, 6.45) is 0.156. The number of pyridine rings is 1. The van der Waals surface area contributed by atoms with Gasteiger partial charge in [0.05, 0.1) is 0 Å². The highest BCUT2D eigenvalue weighted by Crippen LogP contribution is 2.29. The number of carbonyl (C=O) groups is 1. The number of amides is 1. The van der Waals surface area contributed by atoms with E-state index in [1.807, 2.05) is 64.1 Å². The van der Waals surface area contributed by atoms with Gasteiger partial charge in [0.25, 0.3) is 0 Å². The minimum atomic E-state index is -0.553. The van der Waals surface area contributed by atoms with E-state index in [1.54, 1.807) is 0 Å². The van der Waals surface area contributed by atoms with Gasteiger partial charge < -0.3 is 14.8 Å². The van der Waals surface area contributed by atoms with Gasteiger partial charge in [-0.2, -0.15) is 0 Å². The Bertz CT molecular complexity index is 855. The molecule has 2 aromatic rings. The Balaban J connectivity index is 2.19. The van der Waals surface area contributed by atoms with Crippen LogP contribution in [0.2, 0.25) is 5.15 Å². The molecule has 0 bridgehead atoms. The molecule has 1 N–H and O–H groups in total. The monoisotopic (exact) mass is 432 g/mol. The van der Waals surface area contributed by atoms with Crippen LogP contribution in [0.4, 0.5) is 4.79 Å². The Morgan fingerprint density at radius 3 is 2.33 bits per heavy atom. The minimum absolute atomic E-state index is 0.156. The van der Waals surface area contributed by atoms with Crippen molar-refractivity contribution in [3.63, 3.8) is 0 Å². The molecule has 1 aromatic heterocycles. The zero-order valence-corrected chi connectivity index (χ0v) is 19.8. The van der Waals surface area contributed by atoms with Crippen LogP contribution in [0.5, 0.6) is 5.75 Å². The molecule has 1 aromatic carbocycles. The van der Waals surface area contributed by atoms with Gasteiger partial charge in [-0.15, -0.1) is 0 Å². The number of nitrogens with zero attached hydrogens (tertiary/aromatic N) is 1. The molecule has 0 aliphatic heterocycles. The van der Waals surface area contributed by atoms with Crippen molar-refractivity contribution in [1.29, 1.82) is 0 Å². The molecule has 30 heavy (non-hydrogen) atoms. The van der Waals surface area contributed by atoms with Gasteiger partial charge in [0.2, 0.25) is 0 Å². The number of alkyl carbamates (subject to hydrolysis) is 1. The SMILES string of the molecule is Cc1nc(Cl)c(OCc2ccccc2)cc1C[C@H](NC(=O)OC(C)(C)C)C(C)(C)C. The van der Waals surface area contributed by atoms with Crippen LogP contribution in [-0.2, 0) is 17.8 Å². The van der Waals surface area contributed by atoms with Crippen LogP contribution in [0.1, 0.15) is 58.4 Å². The summed E-state index contributed by atoms with van der Waals surface area (Å²) in [4.78, 5) is 16.8. The van der Waals surface area contributed by atoms with Gasteiger partial charge >= 0.3 is 6.09 Å². The van der Waals surface area contributed by atoms with E-state index in [4.69, 9.17) is 21.1 Å². The number of halogens is 1. The van der Waals surface area contributed by atoms with Crippen LogP contribution in [0, 0.1) is 12.3 Å². The molecule has 164 valence electrons. The number of aromatic nitrogens is 1. The van der Waals surface area contributed by atoms with Gasteiger partial charge in [-0.1, -0.05) is 62.7 Å². The lowest BCUT2D eigenvalue weighted by Gasteiger charge is -2.33. The molecule has 0 spiro atoms. The molecule has 0 unspecified atom stereocenters. The lowest BCUT2D eigenvalue weighted by molar-refractivity contribution is 0.0464. The van der Waals surface area contributed by atoms with Crippen molar-refractivity contribution in [3.8, 4) is 5.75 Å². The number of benzene rings is 1. The van der Waals surface area contributed by atoms with E-state index in [0.717, 1.165) is 16.8 Å². The highest BCUT2D eigenvalue weighted by Gasteiger charge is 2.29. The zero-order chi connectivity index (χ0) is 22.5. The van der Waals surface area contributed by atoms with Crippen LogP contribution in [-0.4, -0.2) is 22.7 Å². The fraction of sp³-hybridized carbons (Fsp3) is 0.500. The minimum Gasteiger partial charge on any atom is -0.486 e. The van der Waals surface area contributed by atoms with Crippen molar-refractivity contribution in [2.75, 3.05) is 0 Å². The summed E-state index contributed by atoms with van der Waals surface area (Å²) in [6, 6.07) is 11.7. The molecule has 0 aliphatic rings. The van der Waals surface area contributed by atoms with E-state index in [-0.39, 0.29) is 11.5 Å². The van der Waals surface area contributed by atoms with E-state index in [0.29, 0.717) is 23.9 Å². The Labute approximate surface area is 185 Å². The molecule has 0 saturated heterocycles. The van der Waals surface area contributed by atoms with E-state index in [1.165, 1.54) is 0 Å². The quantitative estimate of drug-likeness (QED) is 0.560. The number of hydrogen-bond donors (Lipinski definition) is 1. The van der Waals surface area contributed by atoms with Crippen molar-refractivity contribution in [2.45, 2.75) is 73.1 Å². The molecule has 0 radical (unpaired) electrons. The number of carbonyl (C=O) groups excluding carboxylic acids is 1. The Morgan fingerprint density at radius 2 is 1.77 bits per heavy atom.